The summed E-state index contributed by atoms with van der Waals surface area (Å²) < 4.78 is 12.8. The fraction of sp³-hybridized carbons (Fsp3) is 0.478. The van der Waals surface area contributed by atoms with Gasteiger partial charge in [-0.15, -0.1) is 0 Å². The molecule has 0 atom stereocenters. The Kier molecular flexibility index (Phi) is 7.14. The number of aromatic nitrogens is 3. The monoisotopic (exact) mass is 435 g/mol. The summed E-state index contributed by atoms with van der Waals surface area (Å²) in [6.45, 7) is 4.11. The molecule has 9 heteroatoms. The van der Waals surface area contributed by atoms with Crippen LogP contribution in [0, 0.1) is 22.7 Å². The van der Waals surface area contributed by atoms with Crippen LogP contribution in [0.1, 0.15) is 36.8 Å². The van der Waals surface area contributed by atoms with Gasteiger partial charge in [0.05, 0.1) is 44.1 Å². The van der Waals surface area contributed by atoms with Gasteiger partial charge in [-0.3, -0.25) is 4.68 Å². The van der Waals surface area contributed by atoms with Crippen LogP contribution >= 0.6 is 0 Å². The Balaban J connectivity index is 1.66. The maximum atomic E-state index is 9.43. The fourth-order valence-electron chi connectivity index (χ4n) is 4.18. The van der Waals surface area contributed by atoms with Crippen LogP contribution in [0.25, 0.3) is 5.70 Å². The van der Waals surface area contributed by atoms with Gasteiger partial charge in [0, 0.05) is 30.4 Å². The molecule has 0 spiro atoms. The van der Waals surface area contributed by atoms with E-state index >= 15 is 0 Å². The maximum absolute atomic E-state index is 9.43. The van der Waals surface area contributed by atoms with Crippen molar-refractivity contribution in [2.45, 2.75) is 32.2 Å². The van der Waals surface area contributed by atoms with E-state index in [1.165, 1.54) is 7.11 Å². The summed E-state index contributed by atoms with van der Waals surface area (Å²) in [5.74, 6) is 0.902. The average Bonchev–Trinajstić information content (AvgIpc) is 3.18. The van der Waals surface area contributed by atoms with E-state index in [1.807, 2.05) is 17.1 Å². The molecule has 2 aromatic heterocycles. The third-order valence-electron chi connectivity index (χ3n) is 5.92. The summed E-state index contributed by atoms with van der Waals surface area (Å²) in [4.78, 5) is 4.24. The van der Waals surface area contributed by atoms with Gasteiger partial charge >= 0.3 is 0 Å². The van der Waals surface area contributed by atoms with E-state index in [4.69, 9.17) is 14.9 Å². The number of anilines is 1. The molecular formula is C23H29N7O2. The minimum absolute atomic E-state index is 0.289. The second kappa shape index (κ2) is 10.4. The van der Waals surface area contributed by atoms with Gasteiger partial charge in [-0.2, -0.15) is 10.4 Å². The molecule has 9 nitrogen and oxygen atoms in total. The molecule has 2 aliphatic rings. The lowest BCUT2D eigenvalue weighted by molar-refractivity contribution is 0.150. The van der Waals surface area contributed by atoms with Gasteiger partial charge in [0.15, 0.2) is 0 Å². The molecule has 0 aromatic carbocycles. The highest BCUT2D eigenvalue weighted by Crippen LogP contribution is 2.28. The number of hydrogen-bond acceptors (Lipinski definition) is 8. The normalized spacial score (nSPS) is 19.2. The standard InChI is InChI=1S/C23H29N7O2/c1-31-23-17(11-24)10-19(13-27-23)29-22(20-4-8-32-9-5-21(20)25)18-12-28-30(15-18)14-16-2-6-26-7-3-16/h10,12-13,15-16,25-26,29H,2-9,14H2,1H3/b22-20-,25-21?. The Morgan fingerprint density at radius 1 is 1.34 bits per heavy atom. The summed E-state index contributed by atoms with van der Waals surface area (Å²) in [6, 6.07) is 3.83. The van der Waals surface area contributed by atoms with E-state index in [1.54, 1.807) is 12.3 Å². The SMILES string of the molecule is COc1ncc(N/C(=C2/CCOCCC2=N)c2cnn(CC3CCNCC3)c2)cc1C#N. The van der Waals surface area contributed by atoms with Crippen molar-refractivity contribution in [3.05, 3.63) is 41.4 Å². The van der Waals surface area contributed by atoms with Gasteiger partial charge in [-0.1, -0.05) is 0 Å². The number of rotatable bonds is 6. The molecule has 0 radical (unpaired) electrons. The van der Waals surface area contributed by atoms with Crippen molar-refractivity contribution >= 4 is 17.1 Å². The molecule has 3 N–H and O–H groups in total. The van der Waals surface area contributed by atoms with Gasteiger partial charge in [-0.05, 0) is 49.9 Å². The Bertz CT molecular complexity index is 1030. The van der Waals surface area contributed by atoms with Crippen molar-refractivity contribution in [2.24, 2.45) is 5.92 Å². The van der Waals surface area contributed by atoms with E-state index in [-0.39, 0.29) is 5.88 Å². The number of pyridine rings is 1. The van der Waals surface area contributed by atoms with Crippen molar-refractivity contribution in [3.63, 3.8) is 0 Å². The first kappa shape index (κ1) is 22.0. The highest BCUT2D eigenvalue weighted by atomic mass is 16.5. The van der Waals surface area contributed by atoms with Crippen molar-refractivity contribution in [3.8, 4) is 11.9 Å². The zero-order chi connectivity index (χ0) is 22.3. The molecule has 32 heavy (non-hydrogen) atoms. The first-order chi connectivity index (χ1) is 15.7. The molecule has 0 saturated carbocycles. The highest BCUT2D eigenvalue weighted by molar-refractivity contribution is 6.06. The molecule has 2 fully saturated rings. The highest BCUT2D eigenvalue weighted by Gasteiger charge is 2.20. The Morgan fingerprint density at radius 3 is 2.94 bits per heavy atom. The third-order valence-corrected chi connectivity index (χ3v) is 5.92. The Morgan fingerprint density at radius 2 is 2.16 bits per heavy atom. The van der Waals surface area contributed by atoms with Gasteiger partial charge in [0.25, 0.3) is 0 Å². The van der Waals surface area contributed by atoms with Crippen molar-refractivity contribution in [1.29, 1.82) is 10.7 Å². The van der Waals surface area contributed by atoms with E-state index < -0.39 is 0 Å². The quantitative estimate of drug-likeness (QED) is 0.638. The van der Waals surface area contributed by atoms with E-state index in [9.17, 15) is 5.26 Å². The molecule has 4 heterocycles. The van der Waals surface area contributed by atoms with Crippen molar-refractivity contribution in [2.75, 3.05) is 38.7 Å². The lowest BCUT2D eigenvalue weighted by Crippen LogP contribution is -2.29. The smallest absolute Gasteiger partial charge is 0.231 e. The van der Waals surface area contributed by atoms with Crippen LogP contribution in [0.4, 0.5) is 5.69 Å². The molecule has 0 amide bonds. The van der Waals surface area contributed by atoms with Gasteiger partial charge in [-0.25, -0.2) is 4.98 Å². The molecule has 2 saturated heterocycles. The number of nitriles is 1. The summed E-state index contributed by atoms with van der Waals surface area (Å²) >= 11 is 0. The predicted molar refractivity (Wildman–Crippen MR) is 122 cm³/mol. The summed E-state index contributed by atoms with van der Waals surface area (Å²) in [7, 11) is 1.49. The van der Waals surface area contributed by atoms with E-state index in [0.29, 0.717) is 48.9 Å². The zero-order valence-corrected chi connectivity index (χ0v) is 18.4. The molecule has 168 valence electrons. The lowest BCUT2D eigenvalue weighted by atomic mass is 9.98. The third kappa shape index (κ3) is 5.15. The fourth-order valence-corrected chi connectivity index (χ4v) is 4.18. The molecule has 2 aromatic rings. The lowest BCUT2D eigenvalue weighted by Gasteiger charge is -2.22. The van der Waals surface area contributed by atoms with Crippen LogP contribution in [0.2, 0.25) is 0 Å². The molecular weight excluding hydrogens is 406 g/mol. The minimum atomic E-state index is 0.289. The van der Waals surface area contributed by atoms with Crippen LogP contribution in [0.15, 0.2) is 30.2 Å². The van der Waals surface area contributed by atoms with Crippen LogP contribution < -0.4 is 15.4 Å². The largest absolute Gasteiger partial charge is 0.480 e. The van der Waals surface area contributed by atoms with Crippen LogP contribution in [-0.4, -0.2) is 53.9 Å². The number of nitrogens with zero attached hydrogens (tertiary/aromatic N) is 4. The summed E-state index contributed by atoms with van der Waals surface area (Å²) in [5.41, 5.74) is 4.19. The molecule has 0 aliphatic carbocycles. The zero-order valence-electron chi connectivity index (χ0n) is 18.4. The average molecular weight is 436 g/mol. The number of nitrogens with one attached hydrogen (secondary N) is 3. The topological polar surface area (TPSA) is 121 Å². The van der Waals surface area contributed by atoms with Gasteiger partial charge in [0.2, 0.25) is 5.88 Å². The maximum Gasteiger partial charge on any atom is 0.231 e. The molecule has 0 unspecified atom stereocenters. The molecule has 4 rings (SSSR count). The van der Waals surface area contributed by atoms with Crippen LogP contribution in [0.3, 0.4) is 0 Å². The van der Waals surface area contributed by atoms with Gasteiger partial charge in [0.1, 0.15) is 11.6 Å². The molecule has 2 aliphatic heterocycles. The number of piperidine rings is 1. The van der Waals surface area contributed by atoms with Crippen molar-refractivity contribution < 1.29 is 9.47 Å². The Hall–Kier alpha value is -3.22. The second-order valence-corrected chi connectivity index (χ2v) is 8.11. The van der Waals surface area contributed by atoms with E-state index in [2.05, 4.69) is 26.8 Å². The summed E-state index contributed by atoms with van der Waals surface area (Å²) in [5, 5.41) is 29.4. The van der Waals surface area contributed by atoms with Crippen LogP contribution in [-0.2, 0) is 11.3 Å². The minimum Gasteiger partial charge on any atom is -0.480 e. The van der Waals surface area contributed by atoms with E-state index in [0.717, 1.165) is 49.3 Å². The number of hydrogen-bond donors (Lipinski definition) is 3. The van der Waals surface area contributed by atoms with Crippen LogP contribution in [0.5, 0.6) is 5.88 Å². The molecule has 0 bridgehead atoms. The number of methoxy groups -OCH3 is 1. The van der Waals surface area contributed by atoms with Crippen molar-refractivity contribution in [1.82, 2.24) is 20.1 Å². The Labute approximate surface area is 187 Å². The second-order valence-electron chi connectivity index (χ2n) is 8.11. The first-order valence-electron chi connectivity index (χ1n) is 11.0. The number of ether oxygens (including phenoxy) is 2. The van der Waals surface area contributed by atoms with Gasteiger partial charge < -0.3 is 25.5 Å². The first-order valence-corrected chi connectivity index (χ1v) is 11.0. The predicted octanol–water partition coefficient (Wildman–Crippen LogP) is 2.81. The summed E-state index contributed by atoms with van der Waals surface area (Å²) in [6.07, 6.45) is 9.02.